The fourth-order valence-corrected chi connectivity index (χ4v) is 4.51. The highest BCUT2D eigenvalue weighted by molar-refractivity contribution is 8.00. The highest BCUT2D eigenvalue weighted by atomic mass is 35.5. The van der Waals surface area contributed by atoms with E-state index in [1.807, 2.05) is 36.0 Å². The summed E-state index contributed by atoms with van der Waals surface area (Å²) in [5, 5.41) is 7.71. The molecule has 1 fully saturated rings. The molecular weight excluding hydrogens is 342 g/mol. The van der Waals surface area contributed by atoms with E-state index >= 15 is 0 Å². The maximum absolute atomic E-state index is 6.29. The molecule has 24 heavy (non-hydrogen) atoms. The Kier molecular flexibility index (Phi) is 7.72. The van der Waals surface area contributed by atoms with Gasteiger partial charge in [0, 0.05) is 36.6 Å². The lowest BCUT2D eigenvalue weighted by molar-refractivity contribution is 0.0782. The van der Waals surface area contributed by atoms with E-state index in [1.54, 1.807) is 7.05 Å². The lowest BCUT2D eigenvalue weighted by atomic mass is 9.99. The third-order valence-electron chi connectivity index (χ3n) is 4.38. The molecule has 2 rings (SSSR count). The summed E-state index contributed by atoms with van der Waals surface area (Å²) in [5.41, 5.74) is 1.07. The van der Waals surface area contributed by atoms with Crippen LogP contribution in [0.15, 0.2) is 29.3 Å². The Morgan fingerprint density at radius 3 is 2.71 bits per heavy atom. The van der Waals surface area contributed by atoms with Crippen LogP contribution >= 0.6 is 23.4 Å². The van der Waals surface area contributed by atoms with E-state index in [2.05, 4.69) is 29.5 Å². The summed E-state index contributed by atoms with van der Waals surface area (Å²) in [5.74, 6) is 1.92. The number of halogens is 1. The van der Waals surface area contributed by atoms with Crippen molar-refractivity contribution < 1.29 is 4.74 Å². The number of aliphatic imine (C=N–C) groups is 1. The Morgan fingerprint density at radius 2 is 2.08 bits per heavy atom. The zero-order valence-electron chi connectivity index (χ0n) is 14.8. The SMILES string of the molecule is CCSC1(CNC(=NC)NC(C)c2ccccc2Cl)CCOCC1. The van der Waals surface area contributed by atoms with Crippen molar-refractivity contribution in [3.8, 4) is 0 Å². The highest BCUT2D eigenvalue weighted by Crippen LogP contribution is 2.34. The van der Waals surface area contributed by atoms with Gasteiger partial charge in [-0.1, -0.05) is 36.7 Å². The topological polar surface area (TPSA) is 45.7 Å². The summed E-state index contributed by atoms with van der Waals surface area (Å²) < 4.78 is 5.77. The molecule has 1 aromatic carbocycles. The van der Waals surface area contributed by atoms with Gasteiger partial charge < -0.3 is 15.4 Å². The van der Waals surface area contributed by atoms with Crippen LogP contribution in [0.5, 0.6) is 0 Å². The van der Waals surface area contributed by atoms with Crippen LogP contribution in [-0.4, -0.2) is 43.3 Å². The standard InChI is InChI=1S/C18H28ClN3OS/c1-4-24-18(9-11-23-12-10-18)13-21-17(20-3)22-14(2)15-7-5-6-8-16(15)19/h5-8,14H,4,9-13H2,1-3H3,(H2,20,21,22). The molecule has 0 aromatic heterocycles. The second kappa shape index (κ2) is 9.54. The van der Waals surface area contributed by atoms with Gasteiger partial charge in [0.05, 0.1) is 6.04 Å². The van der Waals surface area contributed by atoms with Crippen LogP contribution in [0.1, 0.15) is 38.3 Å². The largest absolute Gasteiger partial charge is 0.381 e. The van der Waals surface area contributed by atoms with Gasteiger partial charge in [0.2, 0.25) is 0 Å². The van der Waals surface area contributed by atoms with Gasteiger partial charge in [0.1, 0.15) is 0 Å². The van der Waals surface area contributed by atoms with Crippen molar-refractivity contribution in [1.29, 1.82) is 0 Å². The number of nitrogens with one attached hydrogen (secondary N) is 2. The fraction of sp³-hybridized carbons (Fsp3) is 0.611. The first-order valence-corrected chi connectivity index (χ1v) is 9.90. The van der Waals surface area contributed by atoms with Crippen LogP contribution in [0.2, 0.25) is 5.02 Å². The lowest BCUT2D eigenvalue weighted by Gasteiger charge is -2.37. The lowest BCUT2D eigenvalue weighted by Crippen LogP contribution is -2.48. The molecule has 0 radical (unpaired) electrons. The first kappa shape index (κ1) is 19.4. The monoisotopic (exact) mass is 369 g/mol. The second-order valence-corrected chi connectivity index (χ2v) is 8.18. The van der Waals surface area contributed by atoms with Gasteiger partial charge >= 0.3 is 0 Å². The van der Waals surface area contributed by atoms with Crippen molar-refractivity contribution in [3.05, 3.63) is 34.9 Å². The molecule has 134 valence electrons. The molecule has 0 spiro atoms. The Bertz CT molecular complexity index is 541. The Labute approximate surface area is 154 Å². The van der Waals surface area contributed by atoms with Gasteiger partial charge in [-0.3, -0.25) is 4.99 Å². The summed E-state index contributed by atoms with van der Waals surface area (Å²) in [7, 11) is 1.80. The molecule has 1 aromatic rings. The highest BCUT2D eigenvalue weighted by Gasteiger charge is 2.32. The summed E-state index contributed by atoms with van der Waals surface area (Å²) >= 11 is 8.31. The maximum atomic E-state index is 6.29. The molecule has 0 amide bonds. The van der Waals surface area contributed by atoms with Crippen LogP contribution < -0.4 is 10.6 Å². The summed E-state index contributed by atoms with van der Waals surface area (Å²) in [6, 6.07) is 8.00. The maximum Gasteiger partial charge on any atom is 0.191 e. The summed E-state index contributed by atoms with van der Waals surface area (Å²) in [4.78, 5) is 4.37. The van der Waals surface area contributed by atoms with Gasteiger partial charge in [-0.25, -0.2) is 0 Å². The fourth-order valence-electron chi connectivity index (χ4n) is 2.97. The smallest absolute Gasteiger partial charge is 0.191 e. The van der Waals surface area contributed by atoms with Crippen molar-refractivity contribution in [2.24, 2.45) is 4.99 Å². The zero-order chi connectivity index (χ0) is 17.4. The molecule has 1 atom stereocenters. The average molecular weight is 370 g/mol. The van der Waals surface area contributed by atoms with Crippen molar-refractivity contribution in [2.45, 2.75) is 37.5 Å². The third-order valence-corrected chi connectivity index (χ3v) is 6.18. The number of guanidine groups is 1. The minimum Gasteiger partial charge on any atom is -0.381 e. The van der Waals surface area contributed by atoms with Crippen LogP contribution in [0.4, 0.5) is 0 Å². The molecule has 4 nitrogen and oxygen atoms in total. The van der Waals surface area contributed by atoms with Gasteiger partial charge in [0.25, 0.3) is 0 Å². The van der Waals surface area contributed by atoms with Crippen LogP contribution in [0.3, 0.4) is 0 Å². The van der Waals surface area contributed by atoms with E-state index in [1.165, 1.54) is 0 Å². The van der Waals surface area contributed by atoms with E-state index < -0.39 is 0 Å². The third kappa shape index (κ3) is 5.30. The van der Waals surface area contributed by atoms with E-state index in [0.29, 0.717) is 0 Å². The minimum absolute atomic E-state index is 0.0920. The number of hydrogen-bond donors (Lipinski definition) is 2. The number of rotatable bonds is 6. The van der Waals surface area contributed by atoms with Crippen molar-refractivity contribution in [1.82, 2.24) is 10.6 Å². The van der Waals surface area contributed by atoms with Gasteiger partial charge in [0.15, 0.2) is 5.96 Å². The zero-order valence-corrected chi connectivity index (χ0v) is 16.3. The van der Waals surface area contributed by atoms with E-state index in [9.17, 15) is 0 Å². The molecule has 2 N–H and O–H groups in total. The van der Waals surface area contributed by atoms with Gasteiger partial charge in [-0.05, 0) is 37.1 Å². The predicted octanol–water partition coefficient (Wildman–Crippen LogP) is 3.87. The van der Waals surface area contributed by atoms with Crippen molar-refractivity contribution in [3.63, 3.8) is 0 Å². The number of hydrogen-bond acceptors (Lipinski definition) is 3. The first-order chi connectivity index (χ1) is 11.6. The minimum atomic E-state index is 0.0920. The molecule has 1 saturated heterocycles. The molecule has 1 heterocycles. The average Bonchev–Trinajstić information content (AvgIpc) is 2.60. The van der Waals surface area contributed by atoms with Crippen LogP contribution in [0.25, 0.3) is 0 Å². The molecule has 1 aliphatic heterocycles. The Balaban J connectivity index is 1.95. The first-order valence-electron chi connectivity index (χ1n) is 8.53. The van der Waals surface area contributed by atoms with Crippen LogP contribution in [0, 0.1) is 0 Å². The van der Waals surface area contributed by atoms with Gasteiger partial charge in [-0.2, -0.15) is 11.8 Å². The van der Waals surface area contributed by atoms with Crippen molar-refractivity contribution >= 4 is 29.3 Å². The Morgan fingerprint density at radius 1 is 1.38 bits per heavy atom. The molecular formula is C18H28ClN3OS. The van der Waals surface area contributed by atoms with E-state index in [4.69, 9.17) is 16.3 Å². The van der Waals surface area contributed by atoms with Crippen LogP contribution in [-0.2, 0) is 4.74 Å². The molecule has 0 saturated carbocycles. The molecule has 1 aliphatic rings. The van der Waals surface area contributed by atoms with E-state index in [0.717, 1.165) is 54.9 Å². The summed E-state index contributed by atoms with van der Waals surface area (Å²) in [6.45, 7) is 6.89. The molecule has 1 unspecified atom stereocenters. The normalized spacial score (nSPS) is 18.9. The number of thioether (sulfide) groups is 1. The molecule has 0 bridgehead atoms. The summed E-state index contributed by atoms with van der Waals surface area (Å²) in [6.07, 6.45) is 2.16. The van der Waals surface area contributed by atoms with E-state index in [-0.39, 0.29) is 10.8 Å². The predicted molar refractivity (Wildman–Crippen MR) is 105 cm³/mol. The Hall–Kier alpha value is -0.910. The number of benzene rings is 1. The number of nitrogens with zero attached hydrogens (tertiary/aromatic N) is 1. The number of ether oxygens (including phenoxy) is 1. The van der Waals surface area contributed by atoms with Crippen molar-refractivity contribution in [2.75, 3.05) is 32.6 Å². The van der Waals surface area contributed by atoms with Gasteiger partial charge in [-0.15, -0.1) is 0 Å². The molecule has 6 heteroatoms. The second-order valence-electron chi connectivity index (χ2n) is 6.04. The quantitative estimate of drug-likeness (QED) is 0.590. The molecule has 0 aliphatic carbocycles.